The molecule has 2 heterocycles. The first-order valence-corrected chi connectivity index (χ1v) is 7.26. The number of ether oxygens (including phenoxy) is 1. The van der Waals surface area contributed by atoms with Crippen molar-refractivity contribution >= 4 is 17.6 Å². The van der Waals surface area contributed by atoms with Gasteiger partial charge in [0.05, 0.1) is 24.7 Å². The molecule has 18 heavy (non-hydrogen) atoms. The third-order valence-corrected chi connectivity index (χ3v) is 4.01. The molecule has 0 saturated heterocycles. The number of fused-ring (bicyclic) bond motifs is 1. The predicted molar refractivity (Wildman–Crippen MR) is 76.0 cm³/mol. The second-order valence-corrected chi connectivity index (χ2v) is 7.17. The van der Waals surface area contributed by atoms with Crippen LogP contribution < -0.4 is 5.32 Å². The number of aromatic nitrogens is 2. The highest BCUT2D eigenvalue weighted by atomic mass is 32.2. The number of nitrogens with zero attached hydrogens (tertiary/aromatic N) is 2. The van der Waals surface area contributed by atoms with E-state index in [-0.39, 0.29) is 4.75 Å². The van der Waals surface area contributed by atoms with Gasteiger partial charge < -0.3 is 10.1 Å². The summed E-state index contributed by atoms with van der Waals surface area (Å²) < 4.78 is 5.71. The van der Waals surface area contributed by atoms with Gasteiger partial charge in [-0.25, -0.2) is 9.97 Å². The Labute approximate surface area is 113 Å². The molecule has 0 fully saturated rings. The molecule has 1 aliphatic rings. The average Bonchev–Trinajstić information content (AvgIpc) is 2.34. The highest BCUT2D eigenvalue weighted by Crippen LogP contribution is 2.28. The molecule has 1 aliphatic heterocycles. The first kappa shape index (κ1) is 13.6. The first-order chi connectivity index (χ1) is 8.49. The maximum Gasteiger partial charge on any atom is 0.140 e. The molecule has 0 atom stereocenters. The van der Waals surface area contributed by atoms with Gasteiger partial charge in [0.25, 0.3) is 0 Å². The van der Waals surface area contributed by atoms with Crippen molar-refractivity contribution < 1.29 is 4.74 Å². The fourth-order valence-electron chi connectivity index (χ4n) is 1.84. The number of hydrogen-bond acceptors (Lipinski definition) is 5. The molecule has 0 spiro atoms. The minimum absolute atomic E-state index is 0.238. The van der Waals surface area contributed by atoms with Crippen LogP contribution in [-0.2, 0) is 23.5 Å². The van der Waals surface area contributed by atoms with E-state index in [1.54, 1.807) is 0 Å². The van der Waals surface area contributed by atoms with Crippen LogP contribution in [0, 0.1) is 0 Å². The van der Waals surface area contributed by atoms with Crippen LogP contribution in [0.3, 0.4) is 0 Å². The summed E-state index contributed by atoms with van der Waals surface area (Å²) in [7, 11) is 1.90. The summed E-state index contributed by atoms with van der Waals surface area (Å²) in [6.07, 6.45) is 0.889. The Balaban J connectivity index is 2.21. The van der Waals surface area contributed by atoms with Gasteiger partial charge in [-0.3, -0.25) is 0 Å². The Bertz CT molecular complexity index is 412. The first-order valence-electron chi connectivity index (χ1n) is 6.28. The Morgan fingerprint density at radius 3 is 2.78 bits per heavy atom. The molecule has 0 aromatic carbocycles. The molecule has 0 saturated carbocycles. The lowest BCUT2D eigenvalue weighted by Crippen LogP contribution is -2.17. The van der Waals surface area contributed by atoms with E-state index in [1.807, 2.05) is 18.8 Å². The number of hydrogen-bond donors (Lipinski definition) is 1. The lowest BCUT2D eigenvalue weighted by atomic mass is 10.1. The van der Waals surface area contributed by atoms with Crippen LogP contribution in [0.1, 0.15) is 37.9 Å². The van der Waals surface area contributed by atoms with Gasteiger partial charge in [0.2, 0.25) is 0 Å². The largest absolute Gasteiger partial charge is 0.376 e. The van der Waals surface area contributed by atoms with Crippen molar-refractivity contribution in [3.63, 3.8) is 0 Å². The van der Waals surface area contributed by atoms with Crippen molar-refractivity contribution in [2.75, 3.05) is 19.0 Å². The highest BCUT2D eigenvalue weighted by molar-refractivity contribution is 7.99. The summed E-state index contributed by atoms with van der Waals surface area (Å²) in [5, 5.41) is 3.15. The molecule has 1 aromatic heterocycles. The minimum atomic E-state index is 0.238. The molecule has 0 aliphatic carbocycles. The Hall–Kier alpha value is -0.810. The van der Waals surface area contributed by atoms with E-state index in [0.29, 0.717) is 6.61 Å². The van der Waals surface area contributed by atoms with Gasteiger partial charge in [-0.15, -0.1) is 11.8 Å². The molecule has 0 amide bonds. The summed E-state index contributed by atoms with van der Waals surface area (Å²) in [5.74, 6) is 2.69. The quantitative estimate of drug-likeness (QED) is 0.912. The zero-order valence-corrected chi connectivity index (χ0v) is 12.4. The summed E-state index contributed by atoms with van der Waals surface area (Å²) in [4.78, 5) is 9.26. The van der Waals surface area contributed by atoms with E-state index in [2.05, 4.69) is 36.1 Å². The molecule has 0 unspecified atom stereocenters. The molecule has 0 bridgehead atoms. The van der Waals surface area contributed by atoms with Crippen molar-refractivity contribution in [1.82, 2.24) is 9.97 Å². The summed E-state index contributed by atoms with van der Waals surface area (Å²) >= 11 is 1.87. The van der Waals surface area contributed by atoms with Gasteiger partial charge in [0.1, 0.15) is 11.6 Å². The van der Waals surface area contributed by atoms with Crippen LogP contribution in [0.25, 0.3) is 0 Å². The van der Waals surface area contributed by atoms with E-state index in [0.717, 1.165) is 41.7 Å². The van der Waals surface area contributed by atoms with Crippen molar-refractivity contribution in [1.29, 1.82) is 0 Å². The van der Waals surface area contributed by atoms with E-state index >= 15 is 0 Å². The molecular formula is C13H21N3OS. The van der Waals surface area contributed by atoms with Gasteiger partial charge in [-0.05, 0) is 0 Å². The standard InChI is InChI=1S/C13H21N3OS/c1-13(2,3)18-8-11-15-10-5-6-17-7-9(10)12(14-4)16-11/h5-8H2,1-4H3,(H,14,15,16). The van der Waals surface area contributed by atoms with E-state index < -0.39 is 0 Å². The number of anilines is 1. The van der Waals surface area contributed by atoms with Crippen LogP contribution in [-0.4, -0.2) is 28.4 Å². The number of thioether (sulfide) groups is 1. The maximum absolute atomic E-state index is 5.47. The molecule has 100 valence electrons. The van der Waals surface area contributed by atoms with Crippen LogP contribution in [0.5, 0.6) is 0 Å². The SMILES string of the molecule is CNc1nc(CSC(C)(C)C)nc2c1COCC2. The van der Waals surface area contributed by atoms with Gasteiger partial charge in [0, 0.05) is 23.8 Å². The van der Waals surface area contributed by atoms with E-state index in [1.165, 1.54) is 0 Å². The van der Waals surface area contributed by atoms with Crippen molar-refractivity contribution in [3.8, 4) is 0 Å². The van der Waals surface area contributed by atoms with Crippen LogP contribution >= 0.6 is 11.8 Å². The Morgan fingerprint density at radius 1 is 1.33 bits per heavy atom. The van der Waals surface area contributed by atoms with Gasteiger partial charge >= 0.3 is 0 Å². The Morgan fingerprint density at radius 2 is 2.11 bits per heavy atom. The van der Waals surface area contributed by atoms with Crippen LogP contribution in [0.15, 0.2) is 0 Å². The fourth-order valence-corrected chi connectivity index (χ4v) is 2.53. The highest BCUT2D eigenvalue weighted by Gasteiger charge is 2.19. The summed E-state index contributed by atoms with van der Waals surface area (Å²) in [5.41, 5.74) is 2.26. The van der Waals surface area contributed by atoms with Gasteiger partial charge in [-0.1, -0.05) is 20.8 Å². The second-order valence-electron chi connectivity index (χ2n) is 5.37. The lowest BCUT2D eigenvalue weighted by molar-refractivity contribution is 0.109. The summed E-state index contributed by atoms with van der Waals surface area (Å²) in [6.45, 7) is 8.02. The molecule has 1 aromatic rings. The minimum Gasteiger partial charge on any atom is -0.376 e. The smallest absolute Gasteiger partial charge is 0.140 e. The number of nitrogens with one attached hydrogen (secondary N) is 1. The normalized spacial score (nSPS) is 15.3. The topological polar surface area (TPSA) is 47.0 Å². The molecule has 4 nitrogen and oxygen atoms in total. The third-order valence-electron chi connectivity index (χ3n) is 2.74. The monoisotopic (exact) mass is 267 g/mol. The predicted octanol–water partition coefficient (Wildman–Crippen LogP) is 2.62. The molecule has 0 radical (unpaired) electrons. The number of rotatable bonds is 3. The van der Waals surface area contributed by atoms with E-state index in [4.69, 9.17) is 4.74 Å². The second kappa shape index (κ2) is 5.45. The van der Waals surface area contributed by atoms with Crippen molar-refractivity contribution in [2.45, 2.75) is 44.3 Å². The van der Waals surface area contributed by atoms with Crippen LogP contribution in [0.2, 0.25) is 0 Å². The Kier molecular flexibility index (Phi) is 4.12. The van der Waals surface area contributed by atoms with Crippen LogP contribution in [0.4, 0.5) is 5.82 Å². The fraction of sp³-hybridized carbons (Fsp3) is 0.692. The van der Waals surface area contributed by atoms with Gasteiger partial charge in [-0.2, -0.15) is 0 Å². The molecule has 5 heteroatoms. The average molecular weight is 267 g/mol. The van der Waals surface area contributed by atoms with E-state index in [9.17, 15) is 0 Å². The molecule has 2 rings (SSSR count). The third kappa shape index (κ3) is 3.36. The lowest BCUT2D eigenvalue weighted by Gasteiger charge is -2.21. The van der Waals surface area contributed by atoms with Crippen molar-refractivity contribution in [2.24, 2.45) is 0 Å². The maximum atomic E-state index is 5.47. The molecule has 1 N–H and O–H groups in total. The molecular weight excluding hydrogens is 246 g/mol. The zero-order valence-electron chi connectivity index (χ0n) is 11.5. The van der Waals surface area contributed by atoms with Crippen molar-refractivity contribution in [3.05, 3.63) is 17.1 Å². The summed E-state index contributed by atoms with van der Waals surface area (Å²) in [6, 6.07) is 0. The van der Waals surface area contributed by atoms with Gasteiger partial charge in [0.15, 0.2) is 0 Å². The zero-order chi connectivity index (χ0) is 13.2.